The van der Waals surface area contributed by atoms with E-state index >= 15 is 0 Å². The Labute approximate surface area is 156 Å². The van der Waals surface area contributed by atoms with Crippen molar-refractivity contribution in [2.24, 2.45) is 0 Å². The van der Waals surface area contributed by atoms with E-state index in [9.17, 15) is 4.79 Å². The van der Waals surface area contributed by atoms with E-state index in [-0.39, 0.29) is 12.1 Å². The summed E-state index contributed by atoms with van der Waals surface area (Å²) >= 11 is 0. The van der Waals surface area contributed by atoms with E-state index in [2.05, 4.69) is 27.7 Å². The lowest BCUT2D eigenvalue weighted by molar-refractivity contribution is 0.231. The van der Waals surface area contributed by atoms with Crippen LogP contribution in [-0.2, 0) is 13.0 Å². The molecule has 0 fully saturated rings. The maximum absolute atomic E-state index is 12.2. The van der Waals surface area contributed by atoms with E-state index in [1.807, 2.05) is 63.5 Å². The number of rotatable bonds is 9. The second-order valence-electron chi connectivity index (χ2n) is 6.41. The van der Waals surface area contributed by atoms with Gasteiger partial charge in [0.1, 0.15) is 5.75 Å². The summed E-state index contributed by atoms with van der Waals surface area (Å²) in [6.07, 6.45) is 0.890. The maximum Gasteiger partial charge on any atom is 0.315 e. The van der Waals surface area contributed by atoms with Gasteiger partial charge < -0.3 is 20.3 Å². The van der Waals surface area contributed by atoms with Crippen molar-refractivity contribution in [3.05, 3.63) is 65.7 Å². The third kappa shape index (κ3) is 6.41. The molecule has 0 bridgehead atoms. The summed E-state index contributed by atoms with van der Waals surface area (Å²) < 4.78 is 5.59. The third-order valence-corrected chi connectivity index (χ3v) is 4.25. The number of amides is 2. The smallest absolute Gasteiger partial charge is 0.315 e. The number of likely N-dealkylation sites (N-methyl/N-ethyl adjacent to an activating group) is 1. The highest BCUT2D eigenvalue weighted by Gasteiger charge is 2.14. The molecule has 2 aromatic carbocycles. The monoisotopic (exact) mass is 355 g/mol. The Morgan fingerprint density at radius 2 is 1.73 bits per heavy atom. The topological polar surface area (TPSA) is 53.6 Å². The highest BCUT2D eigenvalue weighted by atomic mass is 16.5. The summed E-state index contributed by atoms with van der Waals surface area (Å²) in [6, 6.07) is 18.1. The minimum atomic E-state index is -0.170. The summed E-state index contributed by atoms with van der Waals surface area (Å²) in [7, 11) is 4.07. The average molecular weight is 355 g/mol. The first-order valence-corrected chi connectivity index (χ1v) is 9.03. The third-order valence-electron chi connectivity index (χ3n) is 4.25. The fraction of sp³-hybridized carbons (Fsp3) is 0.381. The number of nitrogens with zero attached hydrogens (tertiary/aromatic N) is 1. The lowest BCUT2D eigenvalue weighted by atomic mass is 10.1. The number of nitrogens with one attached hydrogen (secondary N) is 2. The number of ether oxygens (including phenoxy) is 1. The molecular weight excluding hydrogens is 326 g/mol. The number of hydrogen-bond acceptors (Lipinski definition) is 3. The van der Waals surface area contributed by atoms with Gasteiger partial charge in [0.15, 0.2) is 0 Å². The van der Waals surface area contributed by atoms with Crippen LogP contribution < -0.4 is 15.4 Å². The molecule has 0 aliphatic rings. The van der Waals surface area contributed by atoms with Crippen LogP contribution in [0.15, 0.2) is 54.6 Å². The molecule has 1 atom stereocenters. The standard InChI is InChI=1S/C21H29N3O2/c1-4-26-20-13-9-8-12-18(20)15-22-21(25)23-16-19(24(2)3)14-17-10-6-5-7-11-17/h5-13,19H,4,14-16H2,1-3H3,(H2,22,23,25). The van der Waals surface area contributed by atoms with Crippen molar-refractivity contribution in [2.45, 2.75) is 25.9 Å². The van der Waals surface area contributed by atoms with Crippen molar-refractivity contribution in [1.29, 1.82) is 0 Å². The molecule has 0 spiro atoms. The van der Waals surface area contributed by atoms with Crippen LogP contribution in [0.5, 0.6) is 5.75 Å². The Balaban J connectivity index is 1.83. The first-order chi connectivity index (χ1) is 12.6. The highest BCUT2D eigenvalue weighted by Crippen LogP contribution is 2.17. The zero-order chi connectivity index (χ0) is 18.8. The van der Waals surface area contributed by atoms with Crippen LogP contribution in [0, 0.1) is 0 Å². The second kappa shape index (κ2) is 10.5. The van der Waals surface area contributed by atoms with Gasteiger partial charge in [-0.05, 0) is 39.1 Å². The largest absolute Gasteiger partial charge is 0.494 e. The molecule has 0 radical (unpaired) electrons. The minimum Gasteiger partial charge on any atom is -0.494 e. The quantitative estimate of drug-likeness (QED) is 0.727. The van der Waals surface area contributed by atoms with Crippen LogP contribution in [0.25, 0.3) is 0 Å². The number of carbonyl (C=O) groups excluding carboxylic acids is 1. The summed E-state index contributed by atoms with van der Waals surface area (Å²) in [5, 5.41) is 5.88. The number of urea groups is 1. The Bertz CT molecular complexity index is 674. The van der Waals surface area contributed by atoms with E-state index in [4.69, 9.17) is 4.74 Å². The van der Waals surface area contributed by atoms with Crippen molar-refractivity contribution >= 4 is 6.03 Å². The molecule has 5 nitrogen and oxygen atoms in total. The van der Waals surface area contributed by atoms with Crippen LogP contribution in [0.4, 0.5) is 4.79 Å². The molecule has 140 valence electrons. The Kier molecular flexibility index (Phi) is 7.96. The first kappa shape index (κ1) is 19.8. The summed E-state index contributed by atoms with van der Waals surface area (Å²) in [4.78, 5) is 14.3. The van der Waals surface area contributed by atoms with Gasteiger partial charge in [-0.25, -0.2) is 4.79 Å². The molecule has 2 N–H and O–H groups in total. The fourth-order valence-corrected chi connectivity index (χ4v) is 2.72. The molecular formula is C21H29N3O2. The SMILES string of the molecule is CCOc1ccccc1CNC(=O)NCC(Cc1ccccc1)N(C)C. The normalized spacial score (nSPS) is 11.8. The van der Waals surface area contributed by atoms with Crippen molar-refractivity contribution < 1.29 is 9.53 Å². The molecule has 0 saturated carbocycles. The summed E-state index contributed by atoms with van der Waals surface area (Å²) in [5.41, 5.74) is 2.23. The Morgan fingerprint density at radius 3 is 2.42 bits per heavy atom. The van der Waals surface area contributed by atoms with Gasteiger partial charge in [0.2, 0.25) is 0 Å². The molecule has 26 heavy (non-hydrogen) atoms. The molecule has 0 saturated heterocycles. The zero-order valence-electron chi connectivity index (χ0n) is 15.9. The molecule has 1 unspecified atom stereocenters. The molecule has 2 aromatic rings. The minimum absolute atomic E-state index is 0.170. The van der Waals surface area contributed by atoms with Gasteiger partial charge in [0, 0.05) is 24.7 Å². The molecule has 0 aliphatic carbocycles. The van der Waals surface area contributed by atoms with Gasteiger partial charge in [0.25, 0.3) is 0 Å². The lowest BCUT2D eigenvalue weighted by Gasteiger charge is -2.25. The number of para-hydroxylation sites is 1. The number of hydrogen-bond donors (Lipinski definition) is 2. The van der Waals surface area contributed by atoms with Gasteiger partial charge in [-0.1, -0.05) is 48.5 Å². The first-order valence-electron chi connectivity index (χ1n) is 9.03. The van der Waals surface area contributed by atoms with Crippen molar-refractivity contribution in [3.63, 3.8) is 0 Å². The zero-order valence-corrected chi connectivity index (χ0v) is 15.9. The van der Waals surface area contributed by atoms with Crippen LogP contribution >= 0.6 is 0 Å². The van der Waals surface area contributed by atoms with Crippen molar-refractivity contribution in [1.82, 2.24) is 15.5 Å². The summed E-state index contributed by atoms with van der Waals surface area (Å²) in [6.45, 7) is 3.58. The predicted octanol–water partition coefficient (Wildman–Crippen LogP) is 3.06. The van der Waals surface area contributed by atoms with E-state index in [1.54, 1.807) is 0 Å². The molecule has 0 aromatic heterocycles. The van der Waals surface area contributed by atoms with E-state index < -0.39 is 0 Å². The molecule has 0 heterocycles. The number of benzene rings is 2. The van der Waals surface area contributed by atoms with E-state index in [0.29, 0.717) is 19.7 Å². The van der Waals surface area contributed by atoms with E-state index in [1.165, 1.54) is 5.56 Å². The molecule has 5 heteroatoms. The molecule has 0 aliphatic heterocycles. The average Bonchev–Trinajstić information content (AvgIpc) is 2.65. The van der Waals surface area contributed by atoms with Crippen molar-refractivity contribution in [2.75, 3.05) is 27.2 Å². The second-order valence-corrected chi connectivity index (χ2v) is 6.41. The van der Waals surface area contributed by atoms with Crippen LogP contribution in [-0.4, -0.2) is 44.2 Å². The van der Waals surface area contributed by atoms with Crippen LogP contribution in [0.2, 0.25) is 0 Å². The van der Waals surface area contributed by atoms with Gasteiger partial charge in [-0.3, -0.25) is 0 Å². The van der Waals surface area contributed by atoms with Crippen molar-refractivity contribution in [3.8, 4) is 5.75 Å². The van der Waals surface area contributed by atoms with E-state index in [0.717, 1.165) is 17.7 Å². The Morgan fingerprint density at radius 1 is 1.04 bits per heavy atom. The van der Waals surface area contributed by atoms with Gasteiger partial charge >= 0.3 is 6.03 Å². The molecule has 2 amide bonds. The lowest BCUT2D eigenvalue weighted by Crippen LogP contribution is -2.44. The predicted molar refractivity (Wildman–Crippen MR) is 105 cm³/mol. The number of carbonyl (C=O) groups is 1. The van der Waals surface area contributed by atoms with Gasteiger partial charge in [-0.2, -0.15) is 0 Å². The highest BCUT2D eigenvalue weighted by molar-refractivity contribution is 5.73. The fourth-order valence-electron chi connectivity index (χ4n) is 2.72. The van der Waals surface area contributed by atoms with Crippen LogP contribution in [0.1, 0.15) is 18.1 Å². The van der Waals surface area contributed by atoms with Gasteiger partial charge in [-0.15, -0.1) is 0 Å². The summed E-state index contributed by atoms with van der Waals surface area (Å²) in [5.74, 6) is 0.811. The maximum atomic E-state index is 12.2. The van der Waals surface area contributed by atoms with Crippen LogP contribution in [0.3, 0.4) is 0 Å². The molecule has 2 rings (SSSR count). The van der Waals surface area contributed by atoms with Gasteiger partial charge in [0.05, 0.1) is 6.61 Å². The Hall–Kier alpha value is -2.53.